The molecule has 1 N–H and O–H groups in total. The molecule has 2 fully saturated rings. The Balaban J connectivity index is 1.47. The smallest absolute Gasteiger partial charge is 0.239 e. The maximum Gasteiger partial charge on any atom is 0.239 e. The van der Waals surface area contributed by atoms with E-state index in [0.717, 1.165) is 64.6 Å². The summed E-state index contributed by atoms with van der Waals surface area (Å²) < 4.78 is 18.8. The monoisotopic (exact) mass is 419 g/mol. The summed E-state index contributed by atoms with van der Waals surface area (Å²) in [5.74, 6) is 1.33. The fraction of sp³-hybridized carbons (Fsp3) is 0.636. The maximum absolute atomic E-state index is 13.2. The number of halogens is 1. The Kier molecular flexibility index (Phi) is 8.30. The lowest BCUT2D eigenvalue weighted by molar-refractivity contribution is -0.135. The SMILES string of the molecule is CCNC(=NCCOc1cccc(F)c1)N1CCN(C(C)C(=O)N2CCCC2)CC1. The summed E-state index contributed by atoms with van der Waals surface area (Å²) in [6, 6.07) is 6.07. The first-order chi connectivity index (χ1) is 14.6. The second kappa shape index (κ2) is 11.2. The number of ether oxygens (including phenoxy) is 1. The number of piperazine rings is 1. The second-order valence-electron chi connectivity index (χ2n) is 7.77. The van der Waals surface area contributed by atoms with Crippen LogP contribution in [0.15, 0.2) is 29.3 Å². The van der Waals surface area contributed by atoms with E-state index in [9.17, 15) is 9.18 Å². The summed E-state index contributed by atoms with van der Waals surface area (Å²) in [5, 5.41) is 3.34. The average molecular weight is 420 g/mol. The van der Waals surface area contributed by atoms with E-state index in [1.54, 1.807) is 12.1 Å². The molecule has 0 aromatic heterocycles. The average Bonchev–Trinajstić information content (AvgIpc) is 3.30. The molecule has 0 saturated carbocycles. The lowest BCUT2D eigenvalue weighted by Gasteiger charge is -2.39. The van der Waals surface area contributed by atoms with Crippen molar-refractivity contribution < 1.29 is 13.9 Å². The molecule has 0 aliphatic carbocycles. The van der Waals surface area contributed by atoms with Crippen molar-refractivity contribution in [3.05, 3.63) is 30.1 Å². The maximum atomic E-state index is 13.2. The number of likely N-dealkylation sites (tertiary alicyclic amines) is 1. The molecule has 3 rings (SSSR count). The Hall–Kier alpha value is -2.35. The van der Waals surface area contributed by atoms with E-state index in [-0.39, 0.29) is 17.8 Å². The van der Waals surface area contributed by atoms with Crippen LogP contribution in [0.2, 0.25) is 0 Å². The van der Waals surface area contributed by atoms with Crippen LogP contribution in [0.3, 0.4) is 0 Å². The zero-order chi connectivity index (χ0) is 21.3. The van der Waals surface area contributed by atoms with Gasteiger partial charge in [-0.25, -0.2) is 9.38 Å². The van der Waals surface area contributed by atoms with Crippen molar-refractivity contribution in [2.45, 2.75) is 32.7 Å². The fourth-order valence-electron chi connectivity index (χ4n) is 3.98. The number of rotatable bonds is 7. The summed E-state index contributed by atoms with van der Waals surface area (Å²) in [7, 11) is 0. The lowest BCUT2D eigenvalue weighted by atomic mass is 10.2. The van der Waals surface area contributed by atoms with E-state index in [1.807, 2.05) is 18.7 Å². The van der Waals surface area contributed by atoms with Gasteiger partial charge in [0.1, 0.15) is 18.2 Å². The van der Waals surface area contributed by atoms with E-state index >= 15 is 0 Å². The zero-order valence-corrected chi connectivity index (χ0v) is 18.1. The Morgan fingerprint density at radius 1 is 1.17 bits per heavy atom. The van der Waals surface area contributed by atoms with Crippen molar-refractivity contribution in [3.63, 3.8) is 0 Å². The summed E-state index contributed by atoms with van der Waals surface area (Å²) in [5.41, 5.74) is 0. The van der Waals surface area contributed by atoms with Gasteiger partial charge in [0.2, 0.25) is 5.91 Å². The van der Waals surface area contributed by atoms with Gasteiger partial charge in [-0.3, -0.25) is 9.69 Å². The molecule has 1 aromatic carbocycles. The van der Waals surface area contributed by atoms with Crippen LogP contribution >= 0.6 is 0 Å². The predicted molar refractivity (Wildman–Crippen MR) is 116 cm³/mol. The number of guanidine groups is 1. The molecule has 2 heterocycles. The van der Waals surface area contributed by atoms with Gasteiger partial charge in [-0.2, -0.15) is 0 Å². The van der Waals surface area contributed by atoms with Gasteiger partial charge in [0.25, 0.3) is 0 Å². The first kappa shape index (κ1) is 22.3. The van der Waals surface area contributed by atoms with Crippen LogP contribution < -0.4 is 10.1 Å². The number of aliphatic imine (C=N–C) groups is 1. The predicted octanol–water partition coefficient (Wildman–Crippen LogP) is 1.80. The second-order valence-corrected chi connectivity index (χ2v) is 7.77. The molecule has 2 aliphatic rings. The molecule has 8 heteroatoms. The van der Waals surface area contributed by atoms with E-state index < -0.39 is 0 Å². The van der Waals surface area contributed by atoms with Crippen LogP contribution in [-0.2, 0) is 4.79 Å². The van der Waals surface area contributed by atoms with Crippen molar-refractivity contribution in [3.8, 4) is 5.75 Å². The molecule has 1 amide bonds. The number of hydrogen-bond donors (Lipinski definition) is 1. The van der Waals surface area contributed by atoms with E-state index in [0.29, 0.717) is 18.9 Å². The number of nitrogens with one attached hydrogen (secondary N) is 1. The molecular formula is C22H34FN5O2. The molecule has 1 aromatic rings. The summed E-state index contributed by atoms with van der Waals surface area (Å²) in [6.07, 6.45) is 2.25. The fourth-order valence-corrected chi connectivity index (χ4v) is 3.98. The van der Waals surface area contributed by atoms with Crippen LogP contribution in [0.25, 0.3) is 0 Å². The Bertz CT molecular complexity index is 715. The van der Waals surface area contributed by atoms with Crippen molar-refractivity contribution in [1.29, 1.82) is 0 Å². The molecule has 2 aliphatic heterocycles. The molecule has 30 heavy (non-hydrogen) atoms. The van der Waals surface area contributed by atoms with Gasteiger partial charge in [0, 0.05) is 51.9 Å². The topological polar surface area (TPSA) is 60.4 Å². The van der Waals surface area contributed by atoms with Gasteiger partial charge < -0.3 is 19.9 Å². The highest BCUT2D eigenvalue weighted by molar-refractivity contribution is 5.82. The van der Waals surface area contributed by atoms with Crippen molar-refractivity contribution >= 4 is 11.9 Å². The minimum atomic E-state index is -0.306. The van der Waals surface area contributed by atoms with Crippen LogP contribution in [0, 0.1) is 5.82 Å². The van der Waals surface area contributed by atoms with Gasteiger partial charge in [0.05, 0.1) is 12.6 Å². The van der Waals surface area contributed by atoms with Crippen molar-refractivity contribution in [2.75, 3.05) is 59.0 Å². The van der Waals surface area contributed by atoms with Gasteiger partial charge in [-0.1, -0.05) is 6.07 Å². The molecule has 0 radical (unpaired) electrons. The van der Waals surface area contributed by atoms with Gasteiger partial charge in [-0.05, 0) is 38.8 Å². The summed E-state index contributed by atoms with van der Waals surface area (Å²) in [4.78, 5) is 23.8. The van der Waals surface area contributed by atoms with Crippen LogP contribution in [-0.4, -0.2) is 91.6 Å². The number of carbonyl (C=O) groups is 1. The Labute approximate surface area is 178 Å². The largest absolute Gasteiger partial charge is 0.492 e. The van der Waals surface area contributed by atoms with Crippen LogP contribution in [0.5, 0.6) is 5.75 Å². The normalized spacial score (nSPS) is 19.1. The molecule has 0 spiro atoms. The van der Waals surface area contributed by atoms with Crippen LogP contribution in [0.4, 0.5) is 4.39 Å². The highest BCUT2D eigenvalue weighted by Crippen LogP contribution is 2.14. The zero-order valence-electron chi connectivity index (χ0n) is 18.1. The van der Waals surface area contributed by atoms with Crippen molar-refractivity contribution in [2.24, 2.45) is 4.99 Å². The molecule has 166 valence electrons. The Morgan fingerprint density at radius 2 is 1.90 bits per heavy atom. The Morgan fingerprint density at radius 3 is 2.57 bits per heavy atom. The molecule has 1 atom stereocenters. The molecule has 7 nitrogen and oxygen atoms in total. The quantitative estimate of drug-likeness (QED) is 0.415. The van der Waals surface area contributed by atoms with Gasteiger partial charge in [-0.15, -0.1) is 0 Å². The van der Waals surface area contributed by atoms with E-state index in [1.165, 1.54) is 12.1 Å². The van der Waals surface area contributed by atoms with E-state index in [4.69, 9.17) is 4.74 Å². The third-order valence-corrected chi connectivity index (χ3v) is 5.69. The summed E-state index contributed by atoms with van der Waals surface area (Å²) >= 11 is 0. The third-order valence-electron chi connectivity index (χ3n) is 5.69. The minimum absolute atomic E-state index is 0.0653. The van der Waals surface area contributed by atoms with Gasteiger partial charge in [0.15, 0.2) is 5.96 Å². The molecule has 2 saturated heterocycles. The number of amides is 1. The standard InChI is InChI=1S/C22H34FN5O2/c1-3-24-22(25-9-16-30-20-8-6-7-19(23)17-20)28-14-12-26(13-15-28)18(2)21(29)27-10-4-5-11-27/h6-8,17-18H,3-5,9-16H2,1-2H3,(H,24,25). The molecular weight excluding hydrogens is 385 g/mol. The first-order valence-corrected chi connectivity index (χ1v) is 11.0. The minimum Gasteiger partial charge on any atom is -0.492 e. The van der Waals surface area contributed by atoms with Gasteiger partial charge >= 0.3 is 0 Å². The first-order valence-electron chi connectivity index (χ1n) is 11.0. The van der Waals surface area contributed by atoms with Crippen LogP contribution in [0.1, 0.15) is 26.7 Å². The number of hydrogen-bond acceptors (Lipinski definition) is 4. The highest BCUT2D eigenvalue weighted by Gasteiger charge is 2.30. The number of carbonyl (C=O) groups excluding carboxylic acids is 1. The lowest BCUT2D eigenvalue weighted by Crippen LogP contribution is -2.57. The number of nitrogens with zero attached hydrogens (tertiary/aromatic N) is 4. The molecule has 0 bridgehead atoms. The van der Waals surface area contributed by atoms with Crippen molar-refractivity contribution in [1.82, 2.24) is 20.0 Å². The molecule has 1 unspecified atom stereocenters. The third kappa shape index (κ3) is 6.08. The highest BCUT2D eigenvalue weighted by atomic mass is 19.1. The number of benzene rings is 1. The summed E-state index contributed by atoms with van der Waals surface area (Å²) in [6.45, 7) is 10.9. The van der Waals surface area contributed by atoms with E-state index in [2.05, 4.69) is 20.1 Å².